The number of pyridine rings is 1. The molecule has 7 bridgehead atoms. The Labute approximate surface area is 187 Å². The van der Waals surface area contributed by atoms with Gasteiger partial charge in [0, 0.05) is 34.0 Å². The molecule has 0 radical (unpaired) electrons. The summed E-state index contributed by atoms with van der Waals surface area (Å²) in [7, 11) is 0. The number of fused-ring (bicyclic) bond motifs is 5. The van der Waals surface area contributed by atoms with Crippen LogP contribution in [0, 0.1) is 11.8 Å². The highest BCUT2D eigenvalue weighted by Gasteiger charge is 2.41. The summed E-state index contributed by atoms with van der Waals surface area (Å²) in [6.07, 6.45) is 5.44. The summed E-state index contributed by atoms with van der Waals surface area (Å²) in [4.78, 5) is 18.3. The lowest BCUT2D eigenvalue weighted by molar-refractivity contribution is 0.0917. The zero-order chi connectivity index (χ0) is 22.1. The first kappa shape index (κ1) is 19.3. The van der Waals surface area contributed by atoms with E-state index in [9.17, 15) is 4.79 Å². The molecule has 3 N–H and O–H groups in total. The van der Waals surface area contributed by atoms with Gasteiger partial charge in [-0.05, 0) is 63.3 Å². The molecule has 2 aliphatic carbocycles. The monoisotopic (exact) mass is 423 g/mol. The van der Waals surface area contributed by atoms with Gasteiger partial charge in [-0.2, -0.15) is 5.10 Å². The van der Waals surface area contributed by atoms with Gasteiger partial charge < -0.3 is 11.1 Å². The summed E-state index contributed by atoms with van der Waals surface area (Å²) < 4.78 is 1.84. The van der Waals surface area contributed by atoms with Gasteiger partial charge in [0.15, 0.2) is 0 Å². The minimum atomic E-state index is -0.698. The molecule has 6 heteroatoms. The van der Waals surface area contributed by atoms with Crippen molar-refractivity contribution in [1.82, 2.24) is 20.1 Å². The predicted octanol–water partition coefficient (Wildman–Crippen LogP) is 3.08. The fraction of sp³-hybridized carbons (Fsp3) is 0.346. The summed E-state index contributed by atoms with van der Waals surface area (Å²) in [5.74, 6) is 6.27. The molecule has 1 amide bonds. The SMILES string of the molecule is CC1(C)C#Cc2ccc(cc2)-c2cc3c(cn2)CCc2c-3nn(CC3(N)CC3)c2C(=O)N1. The van der Waals surface area contributed by atoms with Crippen molar-refractivity contribution in [2.45, 2.75) is 57.2 Å². The van der Waals surface area contributed by atoms with E-state index in [2.05, 4.69) is 23.2 Å². The number of carbonyl (C=O) groups is 1. The molecule has 4 aliphatic rings. The van der Waals surface area contributed by atoms with Gasteiger partial charge in [0.2, 0.25) is 0 Å². The van der Waals surface area contributed by atoms with Crippen molar-refractivity contribution in [1.29, 1.82) is 0 Å². The number of nitrogens with one attached hydrogen (secondary N) is 1. The van der Waals surface area contributed by atoms with Gasteiger partial charge in [0.05, 0.1) is 23.5 Å². The molecule has 160 valence electrons. The van der Waals surface area contributed by atoms with Gasteiger partial charge in [-0.15, -0.1) is 0 Å². The Bertz CT molecular complexity index is 1330. The fourth-order valence-electron chi connectivity index (χ4n) is 4.59. The highest BCUT2D eigenvalue weighted by Crippen LogP contribution is 2.39. The van der Waals surface area contributed by atoms with E-state index in [1.165, 1.54) is 0 Å². The smallest absolute Gasteiger partial charge is 0.271 e. The van der Waals surface area contributed by atoms with Crippen molar-refractivity contribution in [2.75, 3.05) is 0 Å². The second kappa shape index (κ2) is 6.54. The summed E-state index contributed by atoms with van der Waals surface area (Å²) in [6, 6.07) is 10.2. The molecular weight excluding hydrogens is 398 g/mol. The van der Waals surface area contributed by atoms with Crippen LogP contribution < -0.4 is 11.1 Å². The van der Waals surface area contributed by atoms with E-state index in [0.717, 1.165) is 64.9 Å². The molecule has 3 aromatic rings. The van der Waals surface area contributed by atoms with E-state index in [0.29, 0.717) is 12.2 Å². The number of carbonyl (C=O) groups excluding carboxylic acids is 1. The first-order valence-electron chi connectivity index (χ1n) is 11.1. The van der Waals surface area contributed by atoms with Crippen LogP contribution in [0.5, 0.6) is 0 Å². The van der Waals surface area contributed by atoms with Crippen LogP contribution >= 0.6 is 0 Å². The quantitative estimate of drug-likeness (QED) is 0.621. The normalized spacial score (nSPS) is 18.9. The van der Waals surface area contributed by atoms with E-state index in [1.54, 1.807) is 0 Å². The second-order valence-electron chi connectivity index (χ2n) is 9.83. The van der Waals surface area contributed by atoms with Crippen molar-refractivity contribution in [2.24, 2.45) is 5.73 Å². The second-order valence-corrected chi connectivity index (χ2v) is 9.83. The summed E-state index contributed by atoms with van der Waals surface area (Å²) in [6.45, 7) is 4.39. The topological polar surface area (TPSA) is 85.8 Å². The van der Waals surface area contributed by atoms with Crippen LogP contribution in [-0.2, 0) is 19.4 Å². The highest BCUT2D eigenvalue weighted by atomic mass is 16.2. The van der Waals surface area contributed by atoms with Gasteiger partial charge in [0.1, 0.15) is 5.69 Å². The Hall–Kier alpha value is -3.43. The number of hydrogen-bond acceptors (Lipinski definition) is 4. The minimum Gasteiger partial charge on any atom is -0.335 e. The molecule has 2 aliphatic heterocycles. The lowest BCUT2D eigenvalue weighted by Gasteiger charge is -2.22. The van der Waals surface area contributed by atoms with Crippen LogP contribution in [0.4, 0.5) is 0 Å². The maximum Gasteiger partial charge on any atom is 0.271 e. The maximum absolute atomic E-state index is 13.6. The Kier molecular flexibility index (Phi) is 3.94. The maximum atomic E-state index is 13.6. The average molecular weight is 424 g/mol. The molecule has 7 rings (SSSR count). The number of amides is 1. The molecule has 6 nitrogen and oxygen atoms in total. The third-order valence-corrected chi connectivity index (χ3v) is 6.63. The number of rotatable bonds is 2. The van der Waals surface area contributed by atoms with Crippen molar-refractivity contribution in [3.8, 4) is 34.4 Å². The van der Waals surface area contributed by atoms with Gasteiger partial charge in [-0.25, -0.2) is 0 Å². The summed E-state index contributed by atoms with van der Waals surface area (Å²) in [5.41, 5.74) is 13.0. The Morgan fingerprint density at radius 2 is 1.97 bits per heavy atom. The van der Waals surface area contributed by atoms with Gasteiger partial charge >= 0.3 is 0 Å². The van der Waals surface area contributed by atoms with Crippen molar-refractivity contribution >= 4 is 5.91 Å². The Morgan fingerprint density at radius 1 is 1.19 bits per heavy atom. The fourth-order valence-corrected chi connectivity index (χ4v) is 4.59. The molecule has 1 saturated carbocycles. The van der Waals surface area contributed by atoms with Crippen LogP contribution in [0.2, 0.25) is 0 Å². The molecule has 0 spiro atoms. The van der Waals surface area contributed by atoms with Crippen LogP contribution in [0.25, 0.3) is 22.5 Å². The largest absolute Gasteiger partial charge is 0.335 e. The number of nitrogens with zero attached hydrogens (tertiary/aromatic N) is 3. The predicted molar refractivity (Wildman–Crippen MR) is 123 cm³/mol. The van der Waals surface area contributed by atoms with Gasteiger partial charge in [-0.1, -0.05) is 24.0 Å². The van der Waals surface area contributed by atoms with Gasteiger partial charge in [-0.3, -0.25) is 14.5 Å². The van der Waals surface area contributed by atoms with E-state index < -0.39 is 5.54 Å². The first-order chi connectivity index (χ1) is 15.3. The van der Waals surface area contributed by atoms with Crippen molar-refractivity contribution in [3.05, 3.63) is 58.9 Å². The molecule has 0 atom stereocenters. The lowest BCUT2D eigenvalue weighted by Crippen LogP contribution is -2.44. The minimum absolute atomic E-state index is 0.148. The van der Waals surface area contributed by atoms with E-state index in [-0.39, 0.29) is 11.4 Å². The zero-order valence-corrected chi connectivity index (χ0v) is 18.3. The third kappa shape index (κ3) is 3.21. The molecule has 4 heterocycles. The van der Waals surface area contributed by atoms with E-state index in [1.807, 2.05) is 49.0 Å². The molecular formula is C26H25N5O. The number of hydrogen-bond donors (Lipinski definition) is 2. The molecule has 2 aromatic heterocycles. The number of nitrogens with two attached hydrogens (primary N) is 1. The summed E-state index contributed by atoms with van der Waals surface area (Å²) in [5, 5.41) is 8.09. The number of aryl methyl sites for hydroxylation is 1. The van der Waals surface area contributed by atoms with Crippen LogP contribution in [0.15, 0.2) is 36.5 Å². The number of benzene rings is 1. The lowest BCUT2D eigenvalue weighted by atomic mass is 9.89. The molecule has 1 aromatic carbocycles. The highest BCUT2D eigenvalue weighted by molar-refractivity contribution is 5.97. The van der Waals surface area contributed by atoms with Crippen molar-refractivity contribution in [3.63, 3.8) is 0 Å². The standard InChI is InChI=1S/C26H25N5O/c1-25(2)10-9-16-3-5-17(6-4-16)21-13-20-18(14-28-21)7-8-19-22(20)30-31(15-26(27)11-12-26)23(19)24(32)29-25/h3-6,13-14H,7-8,11-12,15,27H2,1-2H3,(H,29,32). The van der Waals surface area contributed by atoms with Crippen molar-refractivity contribution < 1.29 is 4.79 Å². The zero-order valence-electron chi connectivity index (χ0n) is 18.3. The van der Waals surface area contributed by atoms with E-state index >= 15 is 0 Å². The molecule has 1 fully saturated rings. The molecule has 32 heavy (non-hydrogen) atoms. The van der Waals surface area contributed by atoms with Gasteiger partial charge in [0.25, 0.3) is 5.91 Å². The average Bonchev–Trinajstić information content (AvgIpc) is 3.37. The molecule has 0 saturated heterocycles. The Morgan fingerprint density at radius 3 is 2.72 bits per heavy atom. The van der Waals surface area contributed by atoms with Crippen LogP contribution in [0.1, 0.15) is 53.9 Å². The number of aromatic nitrogens is 3. The Balaban J connectivity index is 1.60. The van der Waals surface area contributed by atoms with Crippen LogP contribution in [-0.4, -0.2) is 31.7 Å². The molecule has 0 unspecified atom stereocenters. The van der Waals surface area contributed by atoms with Crippen LogP contribution in [0.3, 0.4) is 0 Å². The third-order valence-electron chi connectivity index (χ3n) is 6.63. The first-order valence-corrected chi connectivity index (χ1v) is 11.1. The summed E-state index contributed by atoms with van der Waals surface area (Å²) >= 11 is 0. The van der Waals surface area contributed by atoms with E-state index in [4.69, 9.17) is 15.8 Å².